The van der Waals surface area contributed by atoms with E-state index < -0.39 is 0 Å². The van der Waals surface area contributed by atoms with Crippen LogP contribution in [-0.4, -0.2) is 14.8 Å². The maximum Gasteiger partial charge on any atom is 0.195 e. The molecule has 0 radical (unpaired) electrons. The van der Waals surface area contributed by atoms with Crippen LogP contribution in [0.3, 0.4) is 0 Å². The van der Waals surface area contributed by atoms with Crippen molar-refractivity contribution in [1.29, 1.82) is 0 Å². The molecule has 0 bridgehead atoms. The summed E-state index contributed by atoms with van der Waals surface area (Å²) >= 11 is 5.48. The summed E-state index contributed by atoms with van der Waals surface area (Å²) in [6.07, 6.45) is 3.75. The maximum absolute atomic E-state index is 5.48. The number of rotatable bonds is 3. The number of hydrogen-bond acceptors (Lipinski definition) is 2. The number of H-pyrrole nitrogens is 1. The van der Waals surface area contributed by atoms with Gasteiger partial charge in [-0.25, -0.2) is 0 Å². The highest BCUT2D eigenvalue weighted by atomic mass is 32.1. The van der Waals surface area contributed by atoms with Gasteiger partial charge < -0.3 is 0 Å². The van der Waals surface area contributed by atoms with Crippen LogP contribution in [0.25, 0.3) is 11.4 Å². The van der Waals surface area contributed by atoms with E-state index in [1.54, 1.807) is 0 Å². The zero-order valence-electron chi connectivity index (χ0n) is 12.0. The molecule has 3 nitrogen and oxygen atoms in total. The Morgan fingerprint density at radius 1 is 1.30 bits per heavy atom. The molecular formula is C16H21N3S. The first-order valence-corrected chi connectivity index (χ1v) is 7.85. The van der Waals surface area contributed by atoms with E-state index in [0.29, 0.717) is 12.0 Å². The molecule has 3 unspecified atom stereocenters. The van der Waals surface area contributed by atoms with Crippen molar-refractivity contribution < 1.29 is 0 Å². The van der Waals surface area contributed by atoms with E-state index in [-0.39, 0.29) is 0 Å². The molecule has 1 aromatic heterocycles. The number of benzene rings is 1. The van der Waals surface area contributed by atoms with Gasteiger partial charge in [-0.3, -0.25) is 9.67 Å². The minimum atomic E-state index is 0.474. The fourth-order valence-electron chi connectivity index (χ4n) is 3.57. The van der Waals surface area contributed by atoms with E-state index in [1.807, 2.05) is 18.2 Å². The van der Waals surface area contributed by atoms with Gasteiger partial charge in [0, 0.05) is 11.6 Å². The Labute approximate surface area is 125 Å². The Bertz CT molecular complexity index is 629. The molecule has 1 N–H and O–H groups in total. The summed E-state index contributed by atoms with van der Waals surface area (Å²) in [6.45, 7) is 4.64. The quantitative estimate of drug-likeness (QED) is 0.837. The lowest BCUT2D eigenvalue weighted by Crippen LogP contribution is -2.16. The van der Waals surface area contributed by atoms with E-state index >= 15 is 0 Å². The van der Waals surface area contributed by atoms with E-state index in [9.17, 15) is 0 Å². The molecule has 1 saturated carbocycles. The third-order valence-electron chi connectivity index (χ3n) is 4.78. The summed E-state index contributed by atoms with van der Waals surface area (Å²) in [5, 5.41) is 7.44. The van der Waals surface area contributed by atoms with Gasteiger partial charge >= 0.3 is 0 Å². The van der Waals surface area contributed by atoms with Crippen molar-refractivity contribution in [3.8, 4) is 11.4 Å². The van der Waals surface area contributed by atoms with Crippen molar-refractivity contribution >= 4 is 12.2 Å². The van der Waals surface area contributed by atoms with E-state index in [2.05, 4.69) is 40.7 Å². The standard InChI is InChI=1S/C16H21N3S/c1-3-12-9-10-14(11(12)2)19-15(17-18-16(19)20)13-7-5-4-6-8-13/h4-8,11-12,14H,3,9-10H2,1-2H3,(H,18,20). The summed E-state index contributed by atoms with van der Waals surface area (Å²) in [6, 6.07) is 10.8. The molecule has 1 aromatic carbocycles. The highest BCUT2D eigenvalue weighted by molar-refractivity contribution is 7.71. The fraction of sp³-hybridized carbons (Fsp3) is 0.500. The van der Waals surface area contributed by atoms with Crippen molar-refractivity contribution in [1.82, 2.24) is 14.8 Å². The van der Waals surface area contributed by atoms with Gasteiger partial charge in [0.25, 0.3) is 0 Å². The summed E-state index contributed by atoms with van der Waals surface area (Å²) in [4.78, 5) is 0. The largest absolute Gasteiger partial charge is 0.297 e. The SMILES string of the molecule is CCC1CCC(n2c(-c3ccccc3)n[nH]c2=S)C1C. The molecule has 0 saturated heterocycles. The Hall–Kier alpha value is -1.42. The van der Waals surface area contributed by atoms with Gasteiger partial charge in [-0.1, -0.05) is 50.6 Å². The van der Waals surface area contributed by atoms with Crippen LogP contribution >= 0.6 is 12.2 Å². The number of hydrogen-bond donors (Lipinski definition) is 1. The Morgan fingerprint density at radius 2 is 2.05 bits per heavy atom. The normalized spacial score (nSPS) is 26.0. The van der Waals surface area contributed by atoms with Gasteiger partial charge in [0.1, 0.15) is 0 Å². The molecule has 1 heterocycles. The molecule has 0 aliphatic heterocycles. The Balaban J connectivity index is 2.03. The van der Waals surface area contributed by atoms with Crippen molar-refractivity contribution in [2.45, 2.75) is 39.2 Å². The minimum absolute atomic E-state index is 0.474. The van der Waals surface area contributed by atoms with Crippen LogP contribution in [-0.2, 0) is 0 Å². The number of aromatic nitrogens is 3. The first-order valence-electron chi connectivity index (χ1n) is 7.44. The fourth-order valence-corrected chi connectivity index (χ4v) is 3.84. The molecule has 1 aliphatic carbocycles. The molecule has 1 fully saturated rings. The van der Waals surface area contributed by atoms with Crippen LogP contribution in [0.2, 0.25) is 0 Å². The van der Waals surface area contributed by atoms with Crippen LogP contribution in [0.1, 0.15) is 39.2 Å². The number of nitrogens with one attached hydrogen (secondary N) is 1. The Morgan fingerprint density at radius 3 is 2.70 bits per heavy atom. The lowest BCUT2D eigenvalue weighted by Gasteiger charge is -2.22. The van der Waals surface area contributed by atoms with E-state index in [0.717, 1.165) is 22.1 Å². The van der Waals surface area contributed by atoms with Gasteiger partial charge in [-0.2, -0.15) is 5.10 Å². The van der Waals surface area contributed by atoms with Gasteiger partial charge in [0.15, 0.2) is 10.6 Å². The molecule has 2 aromatic rings. The first kappa shape index (κ1) is 13.6. The van der Waals surface area contributed by atoms with Crippen LogP contribution in [0.4, 0.5) is 0 Å². The molecule has 106 valence electrons. The zero-order valence-corrected chi connectivity index (χ0v) is 12.9. The highest BCUT2D eigenvalue weighted by Crippen LogP contribution is 2.43. The second-order valence-corrected chi connectivity index (χ2v) is 6.15. The van der Waals surface area contributed by atoms with Gasteiger partial charge in [-0.05, 0) is 36.9 Å². The van der Waals surface area contributed by atoms with Crippen molar-refractivity contribution in [2.24, 2.45) is 11.8 Å². The molecule has 3 atom stereocenters. The van der Waals surface area contributed by atoms with Crippen molar-refractivity contribution in [3.05, 3.63) is 35.1 Å². The van der Waals surface area contributed by atoms with Crippen LogP contribution in [0.5, 0.6) is 0 Å². The third kappa shape index (κ3) is 2.22. The lowest BCUT2D eigenvalue weighted by molar-refractivity contribution is 0.329. The predicted molar refractivity (Wildman–Crippen MR) is 84.1 cm³/mol. The molecule has 3 rings (SSSR count). The lowest BCUT2D eigenvalue weighted by atomic mass is 9.93. The smallest absolute Gasteiger partial charge is 0.195 e. The molecule has 4 heteroatoms. The Kier molecular flexibility index (Phi) is 3.74. The van der Waals surface area contributed by atoms with Crippen LogP contribution < -0.4 is 0 Å². The predicted octanol–water partition coefficient (Wildman–Crippen LogP) is 4.60. The average molecular weight is 287 g/mol. The van der Waals surface area contributed by atoms with Crippen molar-refractivity contribution in [3.63, 3.8) is 0 Å². The molecule has 0 amide bonds. The molecule has 0 spiro atoms. The maximum atomic E-state index is 5.48. The van der Waals surface area contributed by atoms with E-state index in [1.165, 1.54) is 19.3 Å². The topological polar surface area (TPSA) is 33.6 Å². The summed E-state index contributed by atoms with van der Waals surface area (Å²) in [5.41, 5.74) is 1.13. The summed E-state index contributed by atoms with van der Waals surface area (Å²) in [5.74, 6) is 2.44. The monoisotopic (exact) mass is 287 g/mol. The highest BCUT2D eigenvalue weighted by Gasteiger charge is 2.34. The number of nitrogens with zero attached hydrogens (tertiary/aromatic N) is 2. The second kappa shape index (κ2) is 5.52. The zero-order chi connectivity index (χ0) is 14.1. The van der Waals surface area contributed by atoms with Crippen LogP contribution in [0, 0.1) is 16.6 Å². The number of aromatic amines is 1. The van der Waals surface area contributed by atoms with Crippen LogP contribution in [0.15, 0.2) is 30.3 Å². The minimum Gasteiger partial charge on any atom is -0.297 e. The summed E-state index contributed by atoms with van der Waals surface area (Å²) in [7, 11) is 0. The van der Waals surface area contributed by atoms with Gasteiger partial charge in [0.05, 0.1) is 0 Å². The van der Waals surface area contributed by atoms with Crippen molar-refractivity contribution in [2.75, 3.05) is 0 Å². The average Bonchev–Trinajstić information content (AvgIpc) is 3.02. The van der Waals surface area contributed by atoms with Gasteiger partial charge in [-0.15, -0.1) is 0 Å². The molecular weight excluding hydrogens is 266 g/mol. The molecule has 1 aliphatic rings. The second-order valence-electron chi connectivity index (χ2n) is 5.76. The van der Waals surface area contributed by atoms with Gasteiger partial charge in [0.2, 0.25) is 0 Å². The molecule has 20 heavy (non-hydrogen) atoms. The first-order chi connectivity index (χ1) is 9.72. The summed E-state index contributed by atoms with van der Waals surface area (Å²) < 4.78 is 2.99. The third-order valence-corrected chi connectivity index (χ3v) is 5.06. The van der Waals surface area contributed by atoms with E-state index in [4.69, 9.17) is 12.2 Å².